The van der Waals surface area contributed by atoms with Gasteiger partial charge in [-0.1, -0.05) is 39.0 Å². The third kappa shape index (κ3) is 6.45. The van der Waals surface area contributed by atoms with Gasteiger partial charge in [-0.05, 0) is 55.0 Å². The molecule has 0 saturated carbocycles. The molecule has 24 heavy (non-hydrogen) atoms. The van der Waals surface area contributed by atoms with E-state index in [1.807, 2.05) is 30.6 Å². The first kappa shape index (κ1) is 18.1. The van der Waals surface area contributed by atoms with Crippen molar-refractivity contribution >= 4 is 6.29 Å². The molecule has 3 nitrogen and oxygen atoms in total. The van der Waals surface area contributed by atoms with Crippen LogP contribution in [0.25, 0.3) is 0 Å². The van der Waals surface area contributed by atoms with Gasteiger partial charge in [0, 0.05) is 5.56 Å². The first-order valence-corrected chi connectivity index (χ1v) is 8.71. The zero-order valence-electron chi connectivity index (χ0n) is 14.3. The van der Waals surface area contributed by atoms with Crippen LogP contribution in [-0.2, 0) is 4.79 Å². The van der Waals surface area contributed by atoms with Crippen LogP contribution in [-0.4, -0.2) is 12.9 Å². The fourth-order valence-corrected chi connectivity index (χ4v) is 2.40. The number of hydrogen-bond acceptors (Lipinski definition) is 3. The number of ether oxygens (including phenoxy) is 2. The summed E-state index contributed by atoms with van der Waals surface area (Å²) < 4.78 is 11.5. The summed E-state index contributed by atoms with van der Waals surface area (Å²) in [7, 11) is 0. The quantitative estimate of drug-likeness (QED) is 0.499. The van der Waals surface area contributed by atoms with Gasteiger partial charge < -0.3 is 9.47 Å². The first-order chi connectivity index (χ1) is 11.8. The van der Waals surface area contributed by atoms with Crippen LogP contribution in [0.5, 0.6) is 17.2 Å². The van der Waals surface area contributed by atoms with Crippen LogP contribution in [0.15, 0.2) is 48.5 Å². The topological polar surface area (TPSA) is 35.5 Å². The van der Waals surface area contributed by atoms with Gasteiger partial charge in [-0.3, -0.25) is 4.79 Å². The summed E-state index contributed by atoms with van der Waals surface area (Å²) in [5, 5.41) is 0. The highest BCUT2D eigenvalue weighted by Crippen LogP contribution is 2.24. The molecule has 0 aliphatic carbocycles. The Kier molecular flexibility index (Phi) is 7.88. The summed E-state index contributed by atoms with van der Waals surface area (Å²) in [6.45, 7) is 2.99. The summed E-state index contributed by atoms with van der Waals surface area (Å²) in [6.07, 6.45) is 9.41. The Hall–Kier alpha value is -2.29. The first-order valence-electron chi connectivity index (χ1n) is 8.71. The van der Waals surface area contributed by atoms with Gasteiger partial charge >= 0.3 is 0 Å². The van der Waals surface area contributed by atoms with E-state index in [2.05, 4.69) is 6.92 Å². The number of rotatable bonds is 11. The van der Waals surface area contributed by atoms with Crippen LogP contribution in [0.2, 0.25) is 0 Å². The SMILES string of the molecule is CCCCCCCCOc1ccc(Oc2ccc([C]=O)cc2)cc1. The highest BCUT2D eigenvalue weighted by atomic mass is 16.5. The fraction of sp³-hybridized carbons (Fsp3) is 0.381. The standard InChI is InChI=1S/C21H25O3/c1-2-3-4-5-6-7-16-23-19-12-14-21(15-13-19)24-20-10-8-18(17-22)9-11-20/h8-15H,2-7,16H2,1H3. The normalized spacial score (nSPS) is 10.4. The molecule has 2 aromatic rings. The Bertz CT molecular complexity index is 587. The highest BCUT2D eigenvalue weighted by Gasteiger charge is 2.00. The minimum Gasteiger partial charge on any atom is -0.494 e. The lowest BCUT2D eigenvalue weighted by Gasteiger charge is -2.08. The Labute approximate surface area is 144 Å². The maximum atomic E-state index is 10.5. The van der Waals surface area contributed by atoms with E-state index >= 15 is 0 Å². The summed E-state index contributed by atoms with van der Waals surface area (Å²) in [4.78, 5) is 10.5. The van der Waals surface area contributed by atoms with Crippen molar-refractivity contribution in [2.45, 2.75) is 45.4 Å². The molecule has 127 valence electrons. The molecule has 0 bridgehead atoms. The van der Waals surface area contributed by atoms with E-state index in [0.29, 0.717) is 11.3 Å². The zero-order chi connectivity index (χ0) is 17.0. The highest BCUT2D eigenvalue weighted by molar-refractivity contribution is 5.75. The minimum absolute atomic E-state index is 0.515. The molecule has 0 heterocycles. The third-order valence-electron chi connectivity index (χ3n) is 3.80. The molecule has 2 aromatic carbocycles. The Morgan fingerprint density at radius 3 is 1.92 bits per heavy atom. The molecule has 0 aromatic heterocycles. The van der Waals surface area contributed by atoms with Crippen molar-refractivity contribution in [2.24, 2.45) is 0 Å². The minimum atomic E-state index is 0.515. The molecule has 0 aliphatic rings. The fourth-order valence-electron chi connectivity index (χ4n) is 2.40. The summed E-state index contributed by atoms with van der Waals surface area (Å²) >= 11 is 0. The van der Waals surface area contributed by atoms with Crippen molar-refractivity contribution in [3.05, 3.63) is 54.1 Å². The van der Waals surface area contributed by atoms with Gasteiger partial charge in [0.05, 0.1) is 6.61 Å². The Balaban J connectivity index is 1.71. The maximum Gasteiger partial charge on any atom is 0.233 e. The van der Waals surface area contributed by atoms with Crippen LogP contribution < -0.4 is 9.47 Å². The number of carbonyl (C=O) groups excluding carboxylic acids is 1. The van der Waals surface area contributed by atoms with E-state index in [9.17, 15) is 4.79 Å². The molecule has 0 unspecified atom stereocenters. The van der Waals surface area contributed by atoms with Crippen molar-refractivity contribution < 1.29 is 14.3 Å². The Morgan fingerprint density at radius 2 is 1.29 bits per heavy atom. The molecule has 2 rings (SSSR count). The van der Waals surface area contributed by atoms with Gasteiger partial charge in [0.1, 0.15) is 17.2 Å². The lowest BCUT2D eigenvalue weighted by Crippen LogP contribution is -1.97. The zero-order valence-corrected chi connectivity index (χ0v) is 14.3. The van der Waals surface area contributed by atoms with Gasteiger partial charge in [-0.2, -0.15) is 0 Å². The van der Waals surface area contributed by atoms with E-state index in [4.69, 9.17) is 9.47 Å². The molecule has 0 N–H and O–H groups in total. The summed E-state index contributed by atoms with van der Waals surface area (Å²) in [5.41, 5.74) is 0.515. The van der Waals surface area contributed by atoms with Gasteiger partial charge in [-0.25, -0.2) is 0 Å². The van der Waals surface area contributed by atoms with Crippen LogP contribution in [0, 0.1) is 0 Å². The molecule has 0 amide bonds. The van der Waals surface area contributed by atoms with Gasteiger partial charge in [0.15, 0.2) is 0 Å². The molecular formula is C21H25O3. The van der Waals surface area contributed by atoms with Gasteiger partial charge in [-0.15, -0.1) is 0 Å². The van der Waals surface area contributed by atoms with Crippen LogP contribution in [0.4, 0.5) is 0 Å². The second-order valence-corrected chi connectivity index (χ2v) is 5.82. The average Bonchev–Trinajstić information content (AvgIpc) is 2.63. The van der Waals surface area contributed by atoms with Crippen LogP contribution in [0.3, 0.4) is 0 Å². The van der Waals surface area contributed by atoms with Crippen molar-refractivity contribution in [2.75, 3.05) is 6.61 Å². The van der Waals surface area contributed by atoms with E-state index in [-0.39, 0.29) is 0 Å². The van der Waals surface area contributed by atoms with Crippen molar-refractivity contribution in [1.82, 2.24) is 0 Å². The van der Waals surface area contributed by atoms with Gasteiger partial charge in [0.25, 0.3) is 0 Å². The predicted octanol–water partition coefficient (Wildman–Crippen LogP) is 5.68. The van der Waals surface area contributed by atoms with E-state index in [1.165, 1.54) is 32.1 Å². The lowest BCUT2D eigenvalue weighted by molar-refractivity contribution is 0.304. The molecule has 1 radical (unpaired) electrons. The second-order valence-electron chi connectivity index (χ2n) is 5.82. The van der Waals surface area contributed by atoms with E-state index in [1.54, 1.807) is 24.3 Å². The number of hydrogen-bond donors (Lipinski definition) is 0. The van der Waals surface area contributed by atoms with Crippen molar-refractivity contribution in [3.63, 3.8) is 0 Å². The van der Waals surface area contributed by atoms with E-state index in [0.717, 1.165) is 24.5 Å². The molecule has 0 aliphatic heterocycles. The largest absolute Gasteiger partial charge is 0.494 e. The van der Waals surface area contributed by atoms with E-state index < -0.39 is 0 Å². The lowest BCUT2D eigenvalue weighted by atomic mass is 10.1. The summed E-state index contributed by atoms with van der Waals surface area (Å²) in [6, 6.07) is 14.5. The monoisotopic (exact) mass is 325 g/mol. The third-order valence-corrected chi connectivity index (χ3v) is 3.80. The molecule has 0 atom stereocenters. The second kappa shape index (κ2) is 10.5. The average molecular weight is 325 g/mol. The molecule has 0 saturated heterocycles. The molecule has 0 fully saturated rings. The van der Waals surface area contributed by atoms with Crippen molar-refractivity contribution in [3.8, 4) is 17.2 Å². The molecular weight excluding hydrogens is 300 g/mol. The predicted molar refractivity (Wildman–Crippen MR) is 96.6 cm³/mol. The molecule has 0 spiro atoms. The summed E-state index contributed by atoms with van der Waals surface area (Å²) in [5.74, 6) is 2.29. The molecule has 3 heteroatoms. The van der Waals surface area contributed by atoms with Crippen LogP contribution in [0.1, 0.15) is 51.0 Å². The van der Waals surface area contributed by atoms with Gasteiger partial charge in [0.2, 0.25) is 6.29 Å². The maximum absolute atomic E-state index is 10.5. The number of unbranched alkanes of at least 4 members (excludes halogenated alkanes) is 5. The number of benzene rings is 2. The van der Waals surface area contributed by atoms with Crippen LogP contribution >= 0.6 is 0 Å². The smallest absolute Gasteiger partial charge is 0.233 e. The van der Waals surface area contributed by atoms with Crippen molar-refractivity contribution in [1.29, 1.82) is 0 Å². The Morgan fingerprint density at radius 1 is 0.750 bits per heavy atom.